The molecule has 1 heterocycles. The van der Waals surface area contributed by atoms with Crippen LogP contribution in [-0.2, 0) is 20.9 Å². The Labute approximate surface area is 145 Å². The third-order valence-corrected chi connectivity index (χ3v) is 5.96. The Morgan fingerprint density at radius 1 is 0.800 bits per heavy atom. The molecule has 0 aromatic heterocycles. The van der Waals surface area contributed by atoms with Crippen LogP contribution in [0, 0.1) is 11.8 Å². The van der Waals surface area contributed by atoms with Gasteiger partial charge in [0.25, 0.3) is 0 Å². The van der Waals surface area contributed by atoms with E-state index in [0.29, 0.717) is 6.42 Å². The largest absolute Gasteiger partial charge is 0.299 e. The van der Waals surface area contributed by atoms with Gasteiger partial charge >= 0.3 is 0 Å². The van der Waals surface area contributed by atoms with Crippen LogP contribution in [-0.4, -0.2) is 22.5 Å². The fourth-order valence-electron chi connectivity index (χ4n) is 4.94. The van der Waals surface area contributed by atoms with Crippen molar-refractivity contribution in [3.8, 4) is 0 Å². The van der Waals surface area contributed by atoms with E-state index in [2.05, 4.69) is 0 Å². The second-order valence-electron chi connectivity index (χ2n) is 7.18. The monoisotopic (exact) mass is 331 g/mol. The third-order valence-electron chi connectivity index (χ3n) is 5.96. The summed E-state index contributed by atoms with van der Waals surface area (Å²) in [7, 11) is 0. The van der Waals surface area contributed by atoms with E-state index in [1.807, 2.05) is 54.6 Å². The van der Waals surface area contributed by atoms with Crippen molar-refractivity contribution in [2.75, 3.05) is 0 Å². The maximum atomic E-state index is 13.1. The third kappa shape index (κ3) is 1.91. The molecule has 124 valence electrons. The van der Waals surface area contributed by atoms with Crippen LogP contribution < -0.4 is 0 Å². The van der Waals surface area contributed by atoms with E-state index in [4.69, 9.17) is 0 Å². The molecule has 0 radical (unpaired) electrons. The van der Waals surface area contributed by atoms with Crippen LogP contribution in [0.15, 0.2) is 54.6 Å². The standard InChI is InChI=1S/C21H17NO3/c23-16-10-15-13-8-4-5-9-14(13)17(16)19-18(15)20(24)22(21(19)25)11-12-6-2-1-3-7-12/h1-9,15,17-19H,10-11H2/t15-,17-,18-,19-/m0/s1. The van der Waals surface area contributed by atoms with E-state index in [-0.39, 0.29) is 36.0 Å². The van der Waals surface area contributed by atoms with Crippen LogP contribution in [0.25, 0.3) is 0 Å². The van der Waals surface area contributed by atoms with Crippen LogP contribution in [0.2, 0.25) is 0 Å². The van der Waals surface area contributed by atoms with Gasteiger partial charge < -0.3 is 0 Å². The minimum atomic E-state index is -0.516. The van der Waals surface area contributed by atoms with Crippen LogP contribution in [0.4, 0.5) is 0 Å². The lowest BCUT2D eigenvalue weighted by atomic mass is 9.56. The smallest absolute Gasteiger partial charge is 0.234 e. The number of ketones is 1. The lowest BCUT2D eigenvalue weighted by Gasteiger charge is -2.43. The quantitative estimate of drug-likeness (QED) is 0.795. The van der Waals surface area contributed by atoms with Gasteiger partial charge in [-0.2, -0.15) is 0 Å². The van der Waals surface area contributed by atoms with E-state index in [0.717, 1.165) is 16.7 Å². The average molecular weight is 331 g/mol. The first-order valence-electron chi connectivity index (χ1n) is 8.67. The van der Waals surface area contributed by atoms with Crippen molar-refractivity contribution in [1.82, 2.24) is 4.90 Å². The molecule has 2 fully saturated rings. The number of Topliss-reactive ketones (excluding diaryl/α,β-unsaturated/α-hetero) is 1. The van der Waals surface area contributed by atoms with Gasteiger partial charge in [0.1, 0.15) is 5.78 Å². The maximum absolute atomic E-state index is 13.1. The maximum Gasteiger partial charge on any atom is 0.234 e. The molecule has 1 aliphatic heterocycles. The highest BCUT2D eigenvalue weighted by Crippen LogP contribution is 2.57. The molecule has 6 rings (SSSR count). The number of benzene rings is 2. The summed E-state index contributed by atoms with van der Waals surface area (Å²) >= 11 is 0. The Kier molecular flexibility index (Phi) is 2.99. The predicted molar refractivity (Wildman–Crippen MR) is 90.5 cm³/mol. The van der Waals surface area contributed by atoms with E-state index >= 15 is 0 Å². The molecule has 3 aliphatic carbocycles. The van der Waals surface area contributed by atoms with Gasteiger partial charge in [-0.3, -0.25) is 19.3 Å². The summed E-state index contributed by atoms with van der Waals surface area (Å²) in [6.45, 7) is 0.287. The van der Waals surface area contributed by atoms with Gasteiger partial charge in [0, 0.05) is 12.3 Å². The predicted octanol–water partition coefficient (Wildman–Crippen LogP) is 2.64. The topological polar surface area (TPSA) is 54.5 Å². The number of rotatable bonds is 2. The molecule has 4 nitrogen and oxygen atoms in total. The van der Waals surface area contributed by atoms with Crippen molar-refractivity contribution in [3.63, 3.8) is 0 Å². The zero-order valence-electron chi connectivity index (χ0n) is 13.6. The average Bonchev–Trinajstić information content (AvgIpc) is 2.89. The number of carbonyl (C=O) groups excluding carboxylic acids is 3. The van der Waals surface area contributed by atoms with Crippen LogP contribution in [0.3, 0.4) is 0 Å². The molecule has 0 N–H and O–H groups in total. The molecule has 2 aromatic rings. The van der Waals surface area contributed by atoms with Crippen LogP contribution in [0.1, 0.15) is 34.9 Å². The normalized spacial score (nSPS) is 29.8. The Morgan fingerprint density at radius 2 is 1.44 bits per heavy atom. The van der Waals surface area contributed by atoms with Crippen molar-refractivity contribution >= 4 is 17.6 Å². The summed E-state index contributed by atoms with van der Waals surface area (Å²) < 4.78 is 0. The van der Waals surface area contributed by atoms with Crippen molar-refractivity contribution in [1.29, 1.82) is 0 Å². The molecule has 25 heavy (non-hydrogen) atoms. The summed E-state index contributed by atoms with van der Waals surface area (Å²) in [5.41, 5.74) is 2.96. The molecular weight excluding hydrogens is 314 g/mol. The molecule has 4 heteroatoms. The Balaban J connectivity index is 1.57. The second kappa shape index (κ2) is 5.12. The minimum Gasteiger partial charge on any atom is -0.299 e. The summed E-state index contributed by atoms with van der Waals surface area (Å²) in [6, 6.07) is 17.3. The fourth-order valence-corrected chi connectivity index (χ4v) is 4.94. The first-order valence-corrected chi connectivity index (χ1v) is 8.67. The van der Waals surface area contributed by atoms with E-state index < -0.39 is 11.8 Å². The second-order valence-corrected chi connectivity index (χ2v) is 7.18. The van der Waals surface area contributed by atoms with Gasteiger partial charge in [-0.15, -0.1) is 0 Å². The van der Waals surface area contributed by atoms with Crippen molar-refractivity contribution < 1.29 is 14.4 Å². The number of imide groups is 1. The number of hydrogen-bond acceptors (Lipinski definition) is 3. The minimum absolute atomic E-state index is 0.104. The van der Waals surface area contributed by atoms with Gasteiger partial charge in [0.15, 0.2) is 0 Å². The van der Waals surface area contributed by atoms with Gasteiger partial charge in [-0.1, -0.05) is 54.6 Å². The number of amides is 2. The molecular formula is C21H17NO3. The summed E-state index contributed by atoms with van der Waals surface area (Å²) in [5, 5.41) is 0. The van der Waals surface area contributed by atoms with Gasteiger partial charge in [-0.25, -0.2) is 0 Å². The van der Waals surface area contributed by atoms with E-state index in [1.54, 1.807) is 0 Å². The van der Waals surface area contributed by atoms with E-state index in [1.165, 1.54) is 4.90 Å². The molecule has 0 unspecified atom stereocenters. The number of fused-ring (bicyclic) bond motifs is 1. The molecule has 4 atom stereocenters. The fraction of sp³-hybridized carbons (Fsp3) is 0.286. The van der Waals surface area contributed by atoms with Crippen LogP contribution in [0.5, 0.6) is 0 Å². The molecule has 2 aromatic carbocycles. The highest BCUT2D eigenvalue weighted by molar-refractivity contribution is 6.11. The SMILES string of the molecule is O=C1C[C@H]2c3ccccc3[C@@H]1[C@@H]1C(=O)N(Cc3ccccc3)C(=O)[C@H]12. The Hall–Kier alpha value is -2.75. The van der Waals surface area contributed by atoms with Crippen LogP contribution >= 0.6 is 0 Å². The van der Waals surface area contributed by atoms with Gasteiger partial charge in [0.2, 0.25) is 11.8 Å². The molecule has 1 saturated carbocycles. The Morgan fingerprint density at radius 3 is 2.20 bits per heavy atom. The number of nitrogens with zero attached hydrogens (tertiary/aromatic N) is 1. The first kappa shape index (κ1) is 14.6. The summed E-state index contributed by atoms with van der Waals surface area (Å²) in [5.74, 6) is -1.70. The molecule has 2 bridgehead atoms. The molecule has 1 saturated heterocycles. The highest BCUT2D eigenvalue weighted by Gasteiger charge is 2.62. The lowest BCUT2D eigenvalue weighted by molar-refractivity contribution is -0.141. The number of hydrogen-bond donors (Lipinski definition) is 0. The van der Waals surface area contributed by atoms with Gasteiger partial charge in [-0.05, 0) is 16.7 Å². The van der Waals surface area contributed by atoms with E-state index in [9.17, 15) is 14.4 Å². The van der Waals surface area contributed by atoms with Crippen molar-refractivity contribution in [3.05, 3.63) is 71.3 Å². The number of likely N-dealkylation sites (tertiary alicyclic amines) is 1. The summed E-state index contributed by atoms with van der Waals surface area (Å²) in [6.07, 6.45) is 0.376. The zero-order valence-corrected chi connectivity index (χ0v) is 13.6. The van der Waals surface area contributed by atoms with Gasteiger partial charge in [0.05, 0.1) is 24.3 Å². The van der Waals surface area contributed by atoms with Crippen molar-refractivity contribution in [2.24, 2.45) is 11.8 Å². The zero-order chi connectivity index (χ0) is 17.1. The Bertz CT molecular complexity index is 904. The molecule has 4 aliphatic rings. The summed E-state index contributed by atoms with van der Waals surface area (Å²) in [4.78, 5) is 40.1. The van der Waals surface area contributed by atoms with Crippen molar-refractivity contribution in [2.45, 2.75) is 24.8 Å². The lowest BCUT2D eigenvalue weighted by Crippen LogP contribution is -2.44. The number of carbonyl (C=O) groups is 3. The molecule has 0 spiro atoms. The highest BCUT2D eigenvalue weighted by atomic mass is 16.2. The molecule has 2 amide bonds. The first-order chi connectivity index (χ1) is 12.2.